The molecule has 0 amide bonds. The first-order valence-electron chi connectivity index (χ1n) is 11.0. The molecule has 4 unspecified atom stereocenters. The van der Waals surface area contributed by atoms with Crippen LogP contribution in [0.3, 0.4) is 0 Å². The van der Waals surface area contributed by atoms with Crippen molar-refractivity contribution in [3.8, 4) is 5.75 Å². The summed E-state index contributed by atoms with van der Waals surface area (Å²) in [5.41, 5.74) is 0.288. The first-order valence-corrected chi connectivity index (χ1v) is 11.0. The van der Waals surface area contributed by atoms with Gasteiger partial charge in [0.25, 0.3) is 0 Å². The number of rotatable bonds is 7. The zero-order valence-electron chi connectivity index (χ0n) is 18.2. The van der Waals surface area contributed by atoms with Crippen LogP contribution in [0.5, 0.6) is 5.75 Å². The molecule has 3 rings (SSSR count). The summed E-state index contributed by atoms with van der Waals surface area (Å²) in [5.74, 6) is 3.58. The second-order valence-corrected chi connectivity index (χ2v) is 9.28. The minimum Gasteiger partial charge on any atom is -0.494 e. The van der Waals surface area contributed by atoms with E-state index in [1.54, 1.807) is 0 Å². The predicted octanol–water partition coefficient (Wildman–Crippen LogP) is 5.50. The van der Waals surface area contributed by atoms with Crippen LogP contribution < -0.4 is 4.74 Å². The summed E-state index contributed by atoms with van der Waals surface area (Å²) in [6.45, 7) is 6.08. The number of halogens is 1. The molecule has 28 heavy (non-hydrogen) atoms. The number of hydrogen-bond acceptors (Lipinski definition) is 3. The van der Waals surface area contributed by atoms with Gasteiger partial charge < -0.3 is 14.7 Å². The summed E-state index contributed by atoms with van der Waals surface area (Å²) >= 11 is 0. The van der Waals surface area contributed by atoms with E-state index in [9.17, 15) is 5.11 Å². The molecule has 0 saturated heterocycles. The summed E-state index contributed by atoms with van der Waals surface area (Å²) in [4.78, 5) is 2.24. The lowest BCUT2D eigenvalue weighted by Gasteiger charge is -2.47. The fraction of sp³-hybridized carbons (Fsp3) is 0.750. The monoisotopic (exact) mass is 409 g/mol. The van der Waals surface area contributed by atoms with Gasteiger partial charge in [0.15, 0.2) is 0 Å². The van der Waals surface area contributed by atoms with Crippen LogP contribution in [-0.4, -0.2) is 37.3 Å². The van der Waals surface area contributed by atoms with Crippen LogP contribution in [0.15, 0.2) is 24.3 Å². The molecule has 2 aliphatic carbocycles. The van der Waals surface area contributed by atoms with E-state index < -0.39 is 5.60 Å². The lowest BCUT2D eigenvalue weighted by atomic mass is 9.63. The number of nitrogens with zero attached hydrogens (tertiary/aromatic N) is 1. The summed E-state index contributed by atoms with van der Waals surface area (Å²) in [6, 6.07) is 8.17. The average Bonchev–Trinajstić information content (AvgIpc) is 3.18. The first kappa shape index (κ1) is 23.5. The van der Waals surface area contributed by atoms with Crippen molar-refractivity contribution < 1.29 is 9.84 Å². The normalized spacial score (nSPS) is 29.5. The van der Waals surface area contributed by atoms with E-state index in [2.05, 4.69) is 38.1 Å². The molecule has 2 saturated carbocycles. The topological polar surface area (TPSA) is 32.7 Å². The van der Waals surface area contributed by atoms with E-state index in [1.807, 2.05) is 19.1 Å². The highest BCUT2D eigenvalue weighted by Gasteiger charge is 2.45. The minimum absolute atomic E-state index is 0. The van der Waals surface area contributed by atoms with Gasteiger partial charge in [0.05, 0.1) is 12.2 Å². The number of ether oxygens (including phenoxy) is 1. The summed E-state index contributed by atoms with van der Waals surface area (Å²) in [6.07, 6.45) is 8.78. The van der Waals surface area contributed by atoms with Crippen molar-refractivity contribution in [3.05, 3.63) is 29.8 Å². The Hall–Kier alpha value is -0.770. The largest absolute Gasteiger partial charge is 0.494 e. The molecule has 0 aromatic heterocycles. The van der Waals surface area contributed by atoms with E-state index in [0.29, 0.717) is 6.61 Å². The number of hydrogen-bond donors (Lipinski definition) is 1. The molecule has 4 atom stereocenters. The van der Waals surface area contributed by atoms with Crippen molar-refractivity contribution in [1.29, 1.82) is 0 Å². The first-order chi connectivity index (χ1) is 12.9. The van der Waals surface area contributed by atoms with Crippen LogP contribution in [0, 0.1) is 23.7 Å². The van der Waals surface area contributed by atoms with Crippen molar-refractivity contribution in [3.63, 3.8) is 0 Å². The van der Waals surface area contributed by atoms with Gasteiger partial charge in [-0.05, 0) is 75.7 Å². The van der Waals surface area contributed by atoms with Gasteiger partial charge in [0.1, 0.15) is 5.75 Å². The van der Waals surface area contributed by atoms with Crippen LogP contribution in [-0.2, 0) is 5.60 Å². The third kappa shape index (κ3) is 5.23. The predicted molar refractivity (Wildman–Crippen MR) is 119 cm³/mol. The highest BCUT2D eigenvalue weighted by atomic mass is 35.5. The Labute approximate surface area is 178 Å². The Morgan fingerprint density at radius 2 is 1.89 bits per heavy atom. The van der Waals surface area contributed by atoms with Gasteiger partial charge in [0.2, 0.25) is 0 Å². The molecule has 0 heterocycles. The van der Waals surface area contributed by atoms with Crippen LogP contribution in [0.1, 0.15) is 64.4 Å². The third-order valence-electron chi connectivity index (χ3n) is 7.28. The Morgan fingerprint density at radius 1 is 1.18 bits per heavy atom. The van der Waals surface area contributed by atoms with Gasteiger partial charge >= 0.3 is 0 Å². The Balaban J connectivity index is 0.00000280. The molecule has 0 radical (unpaired) electrons. The van der Waals surface area contributed by atoms with Crippen LogP contribution in [0.2, 0.25) is 0 Å². The van der Waals surface area contributed by atoms with Crippen LogP contribution in [0.25, 0.3) is 0 Å². The van der Waals surface area contributed by atoms with Crippen molar-refractivity contribution in [1.82, 2.24) is 4.90 Å². The number of benzene rings is 1. The Morgan fingerprint density at radius 3 is 2.54 bits per heavy atom. The fourth-order valence-corrected chi connectivity index (χ4v) is 5.70. The molecule has 2 aliphatic rings. The standard InChI is InChI=1S/C24H39NO2.ClH/c1-5-27-23-12-8-11-21(16-23)24(26)14-13-20(15-22(24)17-25(3)4)18(2)19-9-6-7-10-19;/h8,11-12,16,18-20,22,26H,5-7,9-10,13-15,17H2,1-4H3;1H. The smallest absolute Gasteiger partial charge is 0.119 e. The lowest BCUT2D eigenvalue weighted by molar-refractivity contribution is -0.0842. The Kier molecular flexibility index (Phi) is 8.66. The quantitative estimate of drug-likeness (QED) is 0.645. The van der Waals surface area contributed by atoms with Crippen LogP contribution >= 0.6 is 12.4 Å². The highest BCUT2D eigenvalue weighted by molar-refractivity contribution is 5.85. The van der Waals surface area contributed by atoms with E-state index >= 15 is 0 Å². The van der Waals surface area contributed by atoms with Gasteiger partial charge in [-0.1, -0.05) is 44.7 Å². The molecule has 1 aromatic carbocycles. The van der Waals surface area contributed by atoms with E-state index in [4.69, 9.17) is 4.74 Å². The third-order valence-corrected chi connectivity index (χ3v) is 7.28. The molecular weight excluding hydrogens is 370 g/mol. The van der Waals surface area contributed by atoms with Gasteiger partial charge in [-0.2, -0.15) is 0 Å². The van der Waals surface area contributed by atoms with Crippen molar-refractivity contribution in [2.45, 2.75) is 64.4 Å². The molecular formula is C24H40ClNO2. The average molecular weight is 410 g/mol. The van der Waals surface area contributed by atoms with Crippen molar-refractivity contribution in [2.75, 3.05) is 27.2 Å². The van der Waals surface area contributed by atoms with Crippen LogP contribution in [0.4, 0.5) is 0 Å². The second-order valence-electron chi connectivity index (χ2n) is 9.28. The van der Waals surface area contributed by atoms with Gasteiger partial charge in [-0.3, -0.25) is 0 Å². The molecule has 1 N–H and O–H groups in total. The second kappa shape index (κ2) is 10.3. The summed E-state index contributed by atoms with van der Waals surface area (Å²) in [5, 5.41) is 11.8. The SMILES string of the molecule is CCOc1cccc(C2(O)CCC(C(C)C3CCCC3)CC2CN(C)C)c1.Cl. The zero-order chi connectivity index (χ0) is 19.4. The molecule has 0 aliphatic heterocycles. The Bertz CT molecular complexity index is 602. The molecule has 4 heteroatoms. The zero-order valence-corrected chi connectivity index (χ0v) is 19.0. The highest BCUT2D eigenvalue weighted by Crippen LogP contribution is 2.49. The van der Waals surface area contributed by atoms with E-state index in [1.165, 1.54) is 25.7 Å². The molecule has 0 spiro atoms. The molecule has 2 fully saturated rings. The van der Waals surface area contributed by atoms with Crippen molar-refractivity contribution >= 4 is 12.4 Å². The fourth-order valence-electron chi connectivity index (χ4n) is 5.70. The lowest BCUT2D eigenvalue weighted by Crippen LogP contribution is -2.46. The molecule has 3 nitrogen and oxygen atoms in total. The van der Waals surface area contributed by atoms with Gasteiger partial charge in [0, 0.05) is 12.5 Å². The maximum atomic E-state index is 11.8. The van der Waals surface area contributed by atoms with Gasteiger partial charge in [-0.15, -0.1) is 12.4 Å². The number of aliphatic hydroxyl groups is 1. The molecule has 160 valence electrons. The summed E-state index contributed by atoms with van der Waals surface area (Å²) in [7, 11) is 4.25. The summed E-state index contributed by atoms with van der Waals surface area (Å²) < 4.78 is 5.70. The van der Waals surface area contributed by atoms with Gasteiger partial charge in [-0.25, -0.2) is 0 Å². The molecule has 0 bridgehead atoms. The van der Waals surface area contributed by atoms with E-state index in [-0.39, 0.29) is 18.3 Å². The maximum Gasteiger partial charge on any atom is 0.119 e. The molecule has 1 aromatic rings. The van der Waals surface area contributed by atoms with E-state index in [0.717, 1.165) is 54.9 Å². The van der Waals surface area contributed by atoms with Crippen molar-refractivity contribution in [2.24, 2.45) is 23.7 Å². The maximum absolute atomic E-state index is 11.8. The minimum atomic E-state index is -0.747.